The highest BCUT2D eigenvalue weighted by molar-refractivity contribution is 7.89. The van der Waals surface area contributed by atoms with E-state index < -0.39 is 40.0 Å². The smallest absolute Gasteiger partial charge is 0.325 e. The molecule has 1 aliphatic carbocycles. The molecule has 0 aromatic heterocycles. The second-order valence-electron chi connectivity index (χ2n) is 9.41. The van der Waals surface area contributed by atoms with E-state index in [0.717, 1.165) is 5.56 Å². The Bertz CT molecular complexity index is 1660. The zero-order valence-corrected chi connectivity index (χ0v) is 22.5. The summed E-state index contributed by atoms with van der Waals surface area (Å²) in [6, 6.07) is 28.6. The maximum absolute atomic E-state index is 13.8. The highest BCUT2D eigenvalue weighted by atomic mass is 35.5. The Morgan fingerprint density at radius 2 is 1.45 bits per heavy atom. The lowest BCUT2D eigenvalue weighted by Crippen LogP contribution is -2.50. The summed E-state index contributed by atoms with van der Waals surface area (Å²) in [7, 11) is -4.52. The summed E-state index contributed by atoms with van der Waals surface area (Å²) in [4.78, 5) is 24.3. The van der Waals surface area contributed by atoms with Gasteiger partial charge < -0.3 is 14.9 Å². The fourth-order valence-corrected chi connectivity index (χ4v) is 6.69. The van der Waals surface area contributed by atoms with Crippen LogP contribution in [0.25, 0.3) is 11.1 Å². The first kappa shape index (κ1) is 27.4. The van der Waals surface area contributed by atoms with Gasteiger partial charge in [-0.3, -0.25) is 9.59 Å². The van der Waals surface area contributed by atoms with Gasteiger partial charge in [0.15, 0.2) is 0 Å². The number of hydrogen-bond donors (Lipinski definition) is 2. The molecule has 1 saturated carbocycles. The largest absolute Gasteiger partial charge is 0.480 e. The van der Waals surface area contributed by atoms with Gasteiger partial charge >= 0.3 is 11.9 Å². The minimum Gasteiger partial charge on any atom is -0.480 e. The number of sulfonamides is 1. The van der Waals surface area contributed by atoms with Crippen LogP contribution in [-0.4, -0.2) is 47.0 Å². The number of benzene rings is 4. The molecule has 1 fully saturated rings. The van der Waals surface area contributed by atoms with Crippen molar-refractivity contribution < 1.29 is 33.0 Å². The molecule has 204 valence electrons. The van der Waals surface area contributed by atoms with E-state index in [1.165, 1.54) is 12.1 Å². The van der Waals surface area contributed by atoms with Crippen LogP contribution in [-0.2, 0) is 19.6 Å². The Hall–Kier alpha value is -4.18. The summed E-state index contributed by atoms with van der Waals surface area (Å²) < 4.78 is 34.0. The minimum absolute atomic E-state index is 0.0908. The van der Waals surface area contributed by atoms with Gasteiger partial charge in [0.05, 0.1) is 4.90 Å². The molecule has 0 radical (unpaired) electrons. The van der Waals surface area contributed by atoms with E-state index >= 15 is 0 Å². The Balaban J connectivity index is 1.48. The Kier molecular flexibility index (Phi) is 7.37. The fourth-order valence-electron chi connectivity index (χ4n) is 4.84. The number of carboxylic acids is 2. The first-order valence-electron chi connectivity index (χ1n) is 12.3. The lowest BCUT2D eigenvalue weighted by molar-refractivity contribution is -0.145. The number of carboxylic acid groups (broad SMARTS) is 2. The average molecular weight is 578 g/mol. The van der Waals surface area contributed by atoms with E-state index in [1.807, 2.05) is 18.2 Å². The zero-order chi connectivity index (χ0) is 28.5. The van der Waals surface area contributed by atoms with Crippen molar-refractivity contribution in [3.8, 4) is 22.6 Å². The summed E-state index contributed by atoms with van der Waals surface area (Å²) in [5.74, 6) is -2.65. The van der Waals surface area contributed by atoms with Crippen LogP contribution in [0.5, 0.6) is 11.5 Å². The predicted molar refractivity (Wildman–Crippen MR) is 149 cm³/mol. The van der Waals surface area contributed by atoms with E-state index in [1.54, 1.807) is 72.8 Å². The molecule has 0 amide bonds. The third-order valence-electron chi connectivity index (χ3n) is 6.89. The number of para-hydroxylation sites is 1. The van der Waals surface area contributed by atoms with Crippen molar-refractivity contribution in [1.82, 2.24) is 4.31 Å². The Morgan fingerprint density at radius 1 is 0.850 bits per heavy atom. The summed E-state index contributed by atoms with van der Waals surface area (Å²) in [5.41, 5.74) is 0.0715. The molecule has 4 aromatic carbocycles. The molecule has 5 rings (SSSR count). The van der Waals surface area contributed by atoms with Crippen LogP contribution in [0, 0.1) is 0 Å². The molecular formula is C30H24ClNO7S. The molecule has 0 spiro atoms. The molecule has 0 unspecified atom stereocenters. The third-order valence-corrected chi connectivity index (χ3v) is 9.04. The number of carbonyl (C=O) groups is 2. The van der Waals surface area contributed by atoms with Crippen molar-refractivity contribution in [2.75, 3.05) is 6.54 Å². The van der Waals surface area contributed by atoms with Gasteiger partial charge in [0.1, 0.15) is 23.6 Å². The summed E-state index contributed by atoms with van der Waals surface area (Å²) >= 11 is 5.95. The second-order valence-corrected chi connectivity index (χ2v) is 11.7. The monoisotopic (exact) mass is 577 g/mol. The predicted octanol–water partition coefficient (Wildman–Crippen LogP) is 5.89. The standard InChI is InChI=1S/C30H24ClNO7S/c31-23-13-9-20(10-14-23)21-11-15-26(16-12-21)40(37,38)32(19-28(33)34)30(29(35)36)18-27(30)22-5-4-8-25(17-22)39-24-6-2-1-3-7-24/h1-17,27H,18-19H2,(H,33,34)(H,35,36)/t27-,30+/m0/s1. The number of rotatable bonds is 10. The molecule has 2 atom stereocenters. The maximum Gasteiger partial charge on any atom is 0.325 e. The van der Waals surface area contributed by atoms with Crippen LogP contribution in [0.3, 0.4) is 0 Å². The van der Waals surface area contributed by atoms with Crippen LogP contribution in [0.4, 0.5) is 0 Å². The van der Waals surface area contributed by atoms with Gasteiger partial charge in [-0.05, 0) is 71.6 Å². The lowest BCUT2D eigenvalue weighted by Gasteiger charge is -2.28. The van der Waals surface area contributed by atoms with E-state index in [9.17, 15) is 28.2 Å². The molecule has 10 heteroatoms. The maximum atomic E-state index is 13.8. The van der Waals surface area contributed by atoms with Crippen LogP contribution in [0.15, 0.2) is 108 Å². The summed E-state index contributed by atoms with van der Waals surface area (Å²) in [5, 5.41) is 20.5. The quantitative estimate of drug-likeness (QED) is 0.241. The third kappa shape index (κ3) is 5.31. The first-order chi connectivity index (χ1) is 19.1. The van der Waals surface area contributed by atoms with Gasteiger partial charge in [-0.15, -0.1) is 0 Å². The van der Waals surface area contributed by atoms with E-state index in [0.29, 0.717) is 32.0 Å². The highest BCUT2D eigenvalue weighted by Crippen LogP contribution is 2.57. The number of halogens is 1. The number of aliphatic carboxylic acids is 2. The van der Waals surface area contributed by atoms with Crippen molar-refractivity contribution in [1.29, 1.82) is 0 Å². The average Bonchev–Trinajstić information content (AvgIpc) is 3.70. The van der Waals surface area contributed by atoms with Crippen molar-refractivity contribution in [2.24, 2.45) is 0 Å². The van der Waals surface area contributed by atoms with Gasteiger partial charge in [-0.1, -0.05) is 66.2 Å². The van der Waals surface area contributed by atoms with E-state index in [2.05, 4.69) is 0 Å². The topological polar surface area (TPSA) is 121 Å². The van der Waals surface area contributed by atoms with Gasteiger partial charge in [0.25, 0.3) is 0 Å². The first-order valence-corrected chi connectivity index (χ1v) is 14.1. The number of hydrogen-bond acceptors (Lipinski definition) is 5. The van der Waals surface area contributed by atoms with Gasteiger partial charge in [-0.2, -0.15) is 4.31 Å². The molecule has 0 saturated heterocycles. The van der Waals surface area contributed by atoms with Crippen molar-refractivity contribution in [2.45, 2.75) is 22.8 Å². The van der Waals surface area contributed by atoms with Crippen LogP contribution >= 0.6 is 11.6 Å². The molecule has 2 N–H and O–H groups in total. The van der Waals surface area contributed by atoms with Crippen molar-refractivity contribution >= 4 is 33.6 Å². The highest BCUT2D eigenvalue weighted by Gasteiger charge is 2.68. The van der Waals surface area contributed by atoms with Crippen molar-refractivity contribution in [3.63, 3.8) is 0 Å². The van der Waals surface area contributed by atoms with E-state index in [4.69, 9.17) is 16.3 Å². The molecule has 8 nitrogen and oxygen atoms in total. The van der Waals surface area contributed by atoms with Crippen LogP contribution in [0.2, 0.25) is 5.02 Å². The van der Waals surface area contributed by atoms with Crippen molar-refractivity contribution in [3.05, 3.63) is 114 Å². The van der Waals surface area contributed by atoms with E-state index in [-0.39, 0.29) is 11.3 Å². The second kappa shape index (κ2) is 10.8. The van der Waals surface area contributed by atoms with Gasteiger partial charge in [-0.25, -0.2) is 8.42 Å². The Labute approximate surface area is 236 Å². The molecular weight excluding hydrogens is 554 g/mol. The number of nitrogens with zero attached hydrogens (tertiary/aromatic N) is 1. The molecule has 40 heavy (non-hydrogen) atoms. The van der Waals surface area contributed by atoms with Crippen LogP contribution in [0.1, 0.15) is 17.9 Å². The van der Waals surface area contributed by atoms with Gasteiger partial charge in [0, 0.05) is 10.9 Å². The molecule has 0 heterocycles. The SMILES string of the molecule is O=C(O)CN([C@]1(C(=O)O)C[C@H]1c1cccc(Oc2ccccc2)c1)S(=O)(=O)c1ccc(-c2ccc(Cl)cc2)cc1. The van der Waals surface area contributed by atoms with Gasteiger partial charge in [0.2, 0.25) is 10.0 Å². The normalized spacial score (nSPS) is 18.3. The Morgan fingerprint density at radius 3 is 2.05 bits per heavy atom. The molecule has 0 aliphatic heterocycles. The fraction of sp³-hybridized carbons (Fsp3) is 0.133. The molecule has 4 aromatic rings. The molecule has 1 aliphatic rings. The lowest BCUT2D eigenvalue weighted by atomic mass is 10.1. The zero-order valence-electron chi connectivity index (χ0n) is 21.0. The summed E-state index contributed by atoms with van der Waals surface area (Å²) in [6.07, 6.45) is -0.0908. The summed E-state index contributed by atoms with van der Waals surface area (Å²) in [6.45, 7) is -1.01. The molecule has 0 bridgehead atoms. The number of ether oxygens (including phenoxy) is 1. The minimum atomic E-state index is -4.52. The van der Waals surface area contributed by atoms with Crippen LogP contribution < -0.4 is 4.74 Å².